The monoisotopic (exact) mass is 502 g/mol. The third-order valence-corrected chi connectivity index (χ3v) is 8.64. The number of carbonyl (C=O) groups excluding carboxylic acids is 1. The Morgan fingerprint density at radius 2 is 1.70 bits per heavy atom. The van der Waals surface area contributed by atoms with Gasteiger partial charge < -0.3 is 14.5 Å². The Morgan fingerprint density at radius 1 is 0.973 bits per heavy atom. The van der Waals surface area contributed by atoms with Crippen molar-refractivity contribution in [3.8, 4) is 5.75 Å². The number of carbonyl (C=O) groups is 1. The van der Waals surface area contributed by atoms with Crippen LogP contribution in [-0.2, 0) is 11.2 Å². The zero-order chi connectivity index (χ0) is 25.6. The average molecular weight is 503 g/mol. The number of amides is 1. The van der Waals surface area contributed by atoms with Crippen molar-refractivity contribution in [1.29, 1.82) is 0 Å². The Kier molecular flexibility index (Phi) is 8.42. The largest absolute Gasteiger partial charge is 0.493 e. The highest BCUT2D eigenvalue weighted by molar-refractivity contribution is 5.81. The fourth-order valence-electron chi connectivity index (χ4n) is 5.92. The molecule has 5 rings (SSSR count). The molecule has 0 bridgehead atoms. The van der Waals surface area contributed by atoms with Gasteiger partial charge in [0.05, 0.1) is 6.61 Å². The summed E-state index contributed by atoms with van der Waals surface area (Å²) in [7, 11) is 0. The first-order valence-corrected chi connectivity index (χ1v) is 14.4. The Hall–Kier alpha value is -2.89. The van der Waals surface area contributed by atoms with Crippen molar-refractivity contribution in [2.45, 2.75) is 65.2 Å². The molecule has 2 aromatic rings. The highest BCUT2D eigenvalue weighted by Crippen LogP contribution is 2.33. The van der Waals surface area contributed by atoms with Gasteiger partial charge in [0.15, 0.2) is 0 Å². The summed E-state index contributed by atoms with van der Waals surface area (Å²) in [5, 5.41) is 0. The van der Waals surface area contributed by atoms with Gasteiger partial charge in [-0.25, -0.2) is 9.97 Å². The fourth-order valence-corrected chi connectivity index (χ4v) is 5.92. The number of ether oxygens (including phenoxy) is 1. The summed E-state index contributed by atoms with van der Waals surface area (Å²) in [6, 6.07) is 8.55. The lowest BCUT2D eigenvalue weighted by Crippen LogP contribution is -2.36. The topological polar surface area (TPSA) is 58.6 Å². The lowest BCUT2D eigenvalue weighted by atomic mass is 9.86. The Morgan fingerprint density at radius 3 is 2.32 bits per heavy atom. The number of likely N-dealkylation sites (tertiary alicyclic amines) is 1. The molecule has 0 radical (unpaired) electrons. The van der Waals surface area contributed by atoms with E-state index in [0.29, 0.717) is 17.7 Å². The van der Waals surface area contributed by atoms with Crippen molar-refractivity contribution in [2.24, 2.45) is 17.8 Å². The van der Waals surface area contributed by atoms with Gasteiger partial charge in [-0.3, -0.25) is 4.79 Å². The number of nitrogens with zero attached hydrogens (tertiary/aromatic N) is 4. The molecule has 3 heterocycles. The van der Waals surface area contributed by atoms with Crippen molar-refractivity contribution in [2.75, 3.05) is 37.7 Å². The number of hydrogen-bond acceptors (Lipinski definition) is 5. The van der Waals surface area contributed by atoms with Gasteiger partial charge in [0.1, 0.15) is 5.75 Å². The van der Waals surface area contributed by atoms with E-state index in [4.69, 9.17) is 4.74 Å². The maximum absolute atomic E-state index is 12.9. The number of piperidine rings is 1. The van der Waals surface area contributed by atoms with Crippen LogP contribution < -0.4 is 9.64 Å². The molecular formula is C31H42N4O2. The first-order valence-electron chi connectivity index (χ1n) is 14.4. The van der Waals surface area contributed by atoms with Crippen LogP contribution in [0.3, 0.4) is 0 Å². The zero-order valence-corrected chi connectivity index (χ0v) is 22.6. The van der Waals surface area contributed by atoms with E-state index < -0.39 is 0 Å². The van der Waals surface area contributed by atoms with E-state index in [9.17, 15) is 4.79 Å². The first kappa shape index (κ1) is 25.7. The van der Waals surface area contributed by atoms with E-state index in [1.807, 2.05) is 12.4 Å². The molecule has 6 nitrogen and oxygen atoms in total. The fraction of sp³-hybridized carbons (Fsp3) is 0.581. The molecule has 2 atom stereocenters. The van der Waals surface area contributed by atoms with Crippen LogP contribution in [0.2, 0.25) is 0 Å². The quantitative estimate of drug-likeness (QED) is 0.458. The van der Waals surface area contributed by atoms with Crippen LogP contribution in [0.4, 0.5) is 5.95 Å². The van der Waals surface area contributed by atoms with Gasteiger partial charge in [0.2, 0.25) is 11.9 Å². The van der Waals surface area contributed by atoms with E-state index in [-0.39, 0.29) is 5.92 Å². The SMILES string of the molecule is CCc1cnc(N2CCC(COc3ccc(C4=CCC(C(=O)N5CC[C@H](CC)C5)CC4)cc3)CC2)nc1. The predicted octanol–water partition coefficient (Wildman–Crippen LogP) is 5.78. The van der Waals surface area contributed by atoms with Gasteiger partial charge in [-0.15, -0.1) is 0 Å². The standard InChI is InChI=1S/C31H42N4O2/c1-3-23-13-18-35(21-23)30(36)28-7-5-26(6-8-28)27-9-11-29(12-10-27)37-22-25-14-16-34(17-15-25)31-32-19-24(4-2)20-33-31/h5,9-12,19-20,23,25,28H,3-4,6-8,13-18,21-22H2,1-2H3/t23-,28?/m0/s1. The van der Waals surface area contributed by atoms with Crippen LogP contribution in [0.15, 0.2) is 42.7 Å². The van der Waals surface area contributed by atoms with Gasteiger partial charge in [-0.2, -0.15) is 0 Å². The molecule has 6 heteroatoms. The van der Waals surface area contributed by atoms with Crippen LogP contribution in [0.5, 0.6) is 5.75 Å². The highest BCUT2D eigenvalue weighted by atomic mass is 16.5. The number of anilines is 1. The Labute approximate surface area is 222 Å². The van der Waals surface area contributed by atoms with Crippen LogP contribution in [0, 0.1) is 17.8 Å². The number of rotatable bonds is 8. The van der Waals surface area contributed by atoms with Crippen molar-refractivity contribution in [3.63, 3.8) is 0 Å². The van der Waals surface area contributed by atoms with E-state index in [0.717, 1.165) is 83.0 Å². The second-order valence-electron chi connectivity index (χ2n) is 11.1. The molecular weight excluding hydrogens is 460 g/mol. The van der Waals surface area contributed by atoms with Crippen LogP contribution >= 0.6 is 0 Å². The van der Waals surface area contributed by atoms with E-state index in [1.54, 1.807) is 0 Å². The Bertz CT molecular complexity index is 1060. The van der Waals surface area contributed by atoms with Gasteiger partial charge >= 0.3 is 0 Å². The predicted molar refractivity (Wildman–Crippen MR) is 149 cm³/mol. The molecule has 3 aliphatic rings. The number of allylic oxidation sites excluding steroid dienone is 2. The summed E-state index contributed by atoms with van der Waals surface area (Å²) in [5.41, 5.74) is 3.80. The summed E-state index contributed by atoms with van der Waals surface area (Å²) >= 11 is 0. The number of aryl methyl sites for hydroxylation is 1. The third-order valence-electron chi connectivity index (χ3n) is 8.64. The molecule has 2 saturated heterocycles. The molecule has 1 aromatic carbocycles. The van der Waals surface area contributed by atoms with Crippen molar-refractivity contribution in [1.82, 2.24) is 14.9 Å². The molecule has 37 heavy (non-hydrogen) atoms. The Balaban J connectivity index is 1.06. The minimum Gasteiger partial charge on any atom is -0.493 e. The van der Waals surface area contributed by atoms with Gasteiger partial charge in [0, 0.05) is 44.5 Å². The summed E-state index contributed by atoms with van der Waals surface area (Å²) < 4.78 is 6.16. The van der Waals surface area contributed by atoms with E-state index in [1.165, 1.54) is 29.5 Å². The van der Waals surface area contributed by atoms with Crippen LogP contribution in [0.1, 0.15) is 69.9 Å². The minimum absolute atomic E-state index is 0.163. The molecule has 0 saturated carbocycles. The van der Waals surface area contributed by atoms with Gasteiger partial charge in [0.25, 0.3) is 0 Å². The van der Waals surface area contributed by atoms with E-state index in [2.05, 4.69) is 64.0 Å². The van der Waals surface area contributed by atoms with Gasteiger partial charge in [-0.1, -0.05) is 38.5 Å². The van der Waals surface area contributed by atoms with Crippen LogP contribution in [0.25, 0.3) is 5.57 Å². The molecule has 0 N–H and O–H groups in total. The van der Waals surface area contributed by atoms with Crippen molar-refractivity contribution in [3.05, 3.63) is 53.9 Å². The third kappa shape index (κ3) is 6.34. The smallest absolute Gasteiger partial charge is 0.226 e. The molecule has 198 valence electrons. The molecule has 0 spiro atoms. The van der Waals surface area contributed by atoms with Crippen molar-refractivity contribution >= 4 is 17.4 Å². The summed E-state index contributed by atoms with van der Waals surface area (Å²) in [4.78, 5) is 26.4. The second-order valence-corrected chi connectivity index (χ2v) is 11.1. The molecule has 1 amide bonds. The molecule has 1 aromatic heterocycles. The summed E-state index contributed by atoms with van der Waals surface area (Å²) in [6.45, 7) is 8.98. The van der Waals surface area contributed by atoms with Crippen LogP contribution in [-0.4, -0.2) is 53.6 Å². The average Bonchev–Trinajstić information content (AvgIpc) is 3.46. The lowest BCUT2D eigenvalue weighted by molar-refractivity contribution is -0.134. The molecule has 1 aliphatic carbocycles. The maximum Gasteiger partial charge on any atom is 0.226 e. The number of hydrogen-bond donors (Lipinski definition) is 0. The molecule has 2 fully saturated rings. The summed E-state index contributed by atoms with van der Waals surface area (Å²) in [6.07, 6.45) is 14.5. The zero-order valence-electron chi connectivity index (χ0n) is 22.6. The van der Waals surface area contributed by atoms with Crippen molar-refractivity contribution < 1.29 is 9.53 Å². The molecule has 2 aliphatic heterocycles. The second kappa shape index (κ2) is 12.1. The van der Waals surface area contributed by atoms with Gasteiger partial charge in [-0.05, 0) is 85.6 Å². The normalized spacial score (nSPS) is 22.7. The lowest BCUT2D eigenvalue weighted by Gasteiger charge is -2.31. The van der Waals surface area contributed by atoms with E-state index >= 15 is 0 Å². The minimum atomic E-state index is 0.163. The number of benzene rings is 1. The molecule has 1 unspecified atom stereocenters. The number of aromatic nitrogens is 2. The maximum atomic E-state index is 12.9. The summed E-state index contributed by atoms with van der Waals surface area (Å²) in [5.74, 6) is 3.59. The highest BCUT2D eigenvalue weighted by Gasteiger charge is 2.31. The first-order chi connectivity index (χ1) is 18.1.